The quantitative estimate of drug-likeness (QED) is 0.725. The maximum Gasteiger partial charge on any atom is 0.231 e. The van der Waals surface area contributed by atoms with Crippen LogP contribution in [0.2, 0.25) is 0 Å². The van der Waals surface area contributed by atoms with Gasteiger partial charge in [-0.1, -0.05) is 0 Å². The first-order chi connectivity index (χ1) is 11.7. The van der Waals surface area contributed by atoms with E-state index in [1.165, 1.54) is 0 Å². The van der Waals surface area contributed by atoms with Crippen LogP contribution in [0.4, 0.5) is 0 Å². The van der Waals surface area contributed by atoms with Crippen LogP contribution in [-0.4, -0.2) is 79.4 Å². The van der Waals surface area contributed by atoms with Crippen molar-refractivity contribution in [2.45, 2.75) is 40.0 Å². The Hall–Kier alpha value is -1.15. The second-order valence-electron chi connectivity index (χ2n) is 7.67. The van der Waals surface area contributed by atoms with Crippen LogP contribution in [0.1, 0.15) is 40.0 Å². The molecule has 1 atom stereocenters. The van der Waals surface area contributed by atoms with Crippen molar-refractivity contribution in [2.24, 2.45) is 10.8 Å². The minimum atomic E-state index is -3.20. The van der Waals surface area contributed by atoms with Crippen molar-refractivity contribution in [1.29, 1.82) is 0 Å². The Bertz CT molecular complexity index is 669. The lowest BCUT2D eigenvalue weighted by atomic mass is 9.60. The van der Waals surface area contributed by atoms with E-state index in [1.807, 2.05) is 11.8 Å². The van der Waals surface area contributed by atoms with Crippen LogP contribution in [0, 0.1) is 10.8 Å². The number of likely N-dealkylation sites (tertiary alicyclic amines) is 2. The van der Waals surface area contributed by atoms with Gasteiger partial charge >= 0.3 is 0 Å². The van der Waals surface area contributed by atoms with Gasteiger partial charge in [0.15, 0.2) is 0 Å². The molecule has 0 aromatic carbocycles. The molecule has 3 heterocycles. The third-order valence-corrected chi connectivity index (χ3v) is 8.62. The number of carbonyl (C=O) groups is 2. The molecule has 0 aliphatic carbocycles. The number of piperidine rings is 1. The van der Waals surface area contributed by atoms with Gasteiger partial charge in [-0.3, -0.25) is 9.59 Å². The van der Waals surface area contributed by atoms with E-state index in [0.717, 1.165) is 13.0 Å². The Morgan fingerprint density at radius 1 is 1.08 bits per heavy atom. The number of hydrogen-bond acceptors (Lipinski definition) is 4. The van der Waals surface area contributed by atoms with Crippen LogP contribution < -0.4 is 0 Å². The first kappa shape index (κ1) is 18.6. The molecule has 3 fully saturated rings. The standard InChI is InChI=1S/C17H29N3O4S/c1-4-18-9-8-17(15(18)22)13-19(14(3)21)12-16(17)6-10-20(11-7-16)25(23,24)5-2/h4-13H2,1-3H3. The van der Waals surface area contributed by atoms with E-state index in [4.69, 9.17) is 0 Å². The third kappa shape index (κ3) is 2.68. The van der Waals surface area contributed by atoms with E-state index < -0.39 is 15.4 Å². The SMILES string of the molecule is CCN1CCC2(CN(C(C)=O)CC23CCN(S(=O)(=O)CC)CC3)C1=O. The summed E-state index contributed by atoms with van der Waals surface area (Å²) in [6, 6.07) is 0. The van der Waals surface area contributed by atoms with Crippen molar-refractivity contribution in [1.82, 2.24) is 14.1 Å². The maximum atomic E-state index is 13.2. The van der Waals surface area contributed by atoms with Crippen LogP contribution in [-0.2, 0) is 19.6 Å². The molecule has 1 unspecified atom stereocenters. The van der Waals surface area contributed by atoms with Crippen molar-refractivity contribution in [3.8, 4) is 0 Å². The average molecular weight is 372 g/mol. The predicted octanol–water partition coefficient (Wildman–Crippen LogP) is 0.519. The Morgan fingerprint density at radius 2 is 1.72 bits per heavy atom. The van der Waals surface area contributed by atoms with Gasteiger partial charge in [0, 0.05) is 51.6 Å². The number of sulfonamides is 1. The molecule has 25 heavy (non-hydrogen) atoms. The molecule has 8 heteroatoms. The van der Waals surface area contributed by atoms with Gasteiger partial charge < -0.3 is 9.80 Å². The van der Waals surface area contributed by atoms with Crippen LogP contribution in [0.5, 0.6) is 0 Å². The molecule has 0 bridgehead atoms. The van der Waals surface area contributed by atoms with Crippen molar-refractivity contribution in [3.05, 3.63) is 0 Å². The summed E-state index contributed by atoms with van der Waals surface area (Å²) in [6.07, 6.45) is 2.07. The molecular weight excluding hydrogens is 342 g/mol. The number of carbonyl (C=O) groups excluding carboxylic acids is 2. The lowest BCUT2D eigenvalue weighted by molar-refractivity contribution is -0.141. The fraction of sp³-hybridized carbons (Fsp3) is 0.882. The first-order valence-electron chi connectivity index (χ1n) is 9.24. The van der Waals surface area contributed by atoms with Gasteiger partial charge in [-0.05, 0) is 33.1 Å². The highest BCUT2D eigenvalue weighted by atomic mass is 32.2. The normalized spacial score (nSPS) is 30.0. The summed E-state index contributed by atoms with van der Waals surface area (Å²) in [5.41, 5.74) is -0.823. The molecule has 0 saturated carbocycles. The smallest absolute Gasteiger partial charge is 0.231 e. The molecule has 142 valence electrons. The molecular formula is C17H29N3O4S. The number of fused-ring (bicyclic) bond motifs is 1. The zero-order chi connectivity index (χ0) is 18.5. The van der Waals surface area contributed by atoms with Gasteiger partial charge in [0.25, 0.3) is 0 Å². The van der Waals surface area contributed by atoms with Gasteiger partial charge in [0.1, 0.15) is 0 Å². The van der Waals surface area contributed by atoms with Crippen molar-refractivity contribution in [3.63, 3.8) is 0 Å². The van der Waals surface area contributed by atoms with E-state index in [1.54, 1.807) is 23.1 Å². The maximum absolute atomic E-state index is 13.2. The highest BCUT2D eigenvalue weighted by Gasteiger charge is 2.65. The van der Waals surface area contributed by atoms with Crippen molar-refractivity contribution in [2.75, 3.05) is 45.0 Å². The Morgan fingerprint density at radius 3 is 2.20 bits per heavy atom. The first-order valence-corrected chi connectivity index (χ1v) is 10.8. The summed E-state index contributed by atoms with van der Waals surface area (Å²) in [4.78, 5) is 28.9. The minimum Gasteiger partial charge on any atom is -0.342 e. The van der Waals surface area contributed by atoms with Crippen molar-refractivity contribution < 1.29 is 18.0 Å². The molecule has 0 radical (unpaired) electrons. The monoisotopic (exact) mass is 371 g/mol. The molecule has 0 aromatic heterocycles. The molecule has 7 nitrogen and oxygen atoms in total. The second kappa shape index (κ2) is 6.23. The van der Waals surface area contributed by atoms with Gasteiger partial charge in [0.05, 0.1) is 11.2 Å². The lowest BCUT2D eigenvalue weighted by Gasteiger charge is -2.46. The van der Waals surface area contributed by atoms with Gasteiger partial charge in [-0.15, -0.1) is 0 Å². The molecule has 0 aromatic rings. The highest BCUT2D eigenvalue weighted by molar-refractivity contribution is 7.89. The fourth-order valence-electron chi connectivity index (χ4n) is 5.08. The Balaban J connectivity index is 1.91. The zero-order valence-corrected chi connectivity index (χ0v) is 16.3. The number of rotatable bonds is 3. The van der Waals surface area contributed by atoms with E-state index in [2.05, 4.69) is 0 Å². The molecule has 3 saturated heterocycles. The van der Waals surface area contributed by atoms with Crippen molar-refractivity contribution >= 4 is 21.8 Å². The number of amides is 2. The fourth-order valence-corrected chi connectivity index (χ4v) is 6.18. The molecule has 3 aliphatic rings. The van der Waals surface area contributed by atoms with Crippen LogP contribution >= 0.6 is 0 Å². The van der Waals surface area contributed by atoms with Crippen LogP contribution in [0.25, 0.3) is 0 Å². The summed E-state index contributed by atoms with van der Waals surface area (Å²) in [7, 11) is -3.20. The summed E-state index contributed by atoms with van der Waals surface area (Å²) in [6.45, 7) is 8.58. The predicted molar refractivity (Wildman–Crippen MR) is 94.3 cm³/mol. The van der Waals surface area contributed by atoms with Gasteiger partial charge in [-0.25, -0.2) is 12.7 Å². The summed E-state index contributed by atoms with van der Waals surface area (Å²) >= 11 is 0. The Kier molecular flexibility index (Phi) is 4.64. The van der Waals surface area contributed by atoms with Gasteiger partial charge in [-0.2, -0.15) is 0 Å². The molecule has 3 rings (SSSR count). The number of hydrogen-bond donors (Lipinski definition) is 0. The summed E-state index contributed by atoms with van der Waals surface area (Å²) in [5, 5.41) is 0. The van der Waals surface area contributed by atoms with E-state index >= 15 is 0 Å². The van der Waals surface area contributed by atoms with E-state index in [-0.39, 0.29) is 23.0 Å². The molecule has 3 aliphatic heterocycles. The minimum absolute atomic E-state index is 0.00241. The highest BCUT2D eigenvalue weighted by Crippen LogP contribution is 2.57. The summed E-state index contributed by atoms with van der Waals surface area (Å²) < 4.78 is 25.9. The molecule has 2 spiro atoms. The topological polar surface area (TPSA) is 78.0 Å². The average Bonchev–Trinajstić information content (AvgIpc) is 3.08. The summed E-state index contributed by atoms with van der Waals surface area (Å²) in [5.74, 6) is 0.265. The van der Waals surface area contributed by atoms with E-state index in [0.29, 0.717) is 45.6 Å². The molecule has 2 amide bonds. The molecule has 0 N–H and O–H groups in total. The third-order valence-electron chi connectivity index (χ3n) is 6.74. The lowest BCUT2D eigenvalue weighted by Crippen LogP contribution is -2.53. The van der Waals surface area contributed by atoms with Crippen LogP contribution in [0.3, 0.4) is 0 Å². The van der Waals surface area contributed by atoms with Crippen LogP contribution in [0.15, 0.2) is 0 Å². The zero-order valence-electron chi connectivity index (χ0n) is 15.5. The van der Waals surface area contributed by atoms with Gasteiger partial charge in [0.2, 0.25) is 21.8 Å². The number of nitrogens with zero attached hydrogens (tertiary/aromatic N) is 3. The second-order valence-corrected chi connectivity index (χ2v) is 9.93. The largest absolute Gasteiger partial charge is 0.342 e. The Labute approximate surface area is 150 Å². The van der Waals surface area contributed by atoms with E-state index in [9.17, 15) is 18.0 Å².